The molecule has 46 heavy (non-hydrogen) atoms. The molecule has 0 amide bonds. The first-order valence-corrected chi connectivity index (χ1v) is 14.2. The van der Waals surface area contributed by atoms with Crippen LogP contribution in [-0.4, -0.2) is 56.5 Å². The molecule has 9 nitrogen and oxygen atoms in total. The normalized spacial score (nSPS) is 17.8. The monoisotopic (exact) mass is 630 g/mol. The van der Waals surface area contributed by atoms with Gasteiger partial charge in [-0.2, -0.15) is 14.0 Å². The minimum Gasteiger partial charge on any atom is -0.377 e. The van der Waals surface area contributed by atoms with Gasteiger partial charge in [-0.05, 0) is 64.5 Å². The number of aliphatic hydroxyl groups is 1. The summed E-state index contributed by atoms with van der Waals surface area (Å²) in [4.78, 5) is 7.62. The van der Waals surface area contributed by atoms with Gasteiger partial charge in [0.05, 0.1) is 29.6 Å². The Morgan fingerprint density at radius 3 is 2.13 bits per heavy atom. The zero-order valence-corrected chi connectivity index (χ0v) is 23.9. The molecule has 3 aromatic carbocycles. The third-order valence-corrected chi connectivity index (χ3v) is 8.50. The maximum absolute atomic E-state index is 16.1. The molecular weight excluding hydrogens is 607 g/mol. The van der Waals surface area contributed by atoms with Crippen molar-refractivity contribution in [1.82, 2.24) is 25.2 Å². The van der Waals surface area contributed by atoms with Gasteiger partial charge in [-0.15, -0.1) is 5.10 Å². The minimum atomic E-state index is -3.96. The number of aromatic nitrogens is 5. The maximum Gasteiger partial charge on any atom is 0.323 e. The summed E-state index contributed by atoms with van der Waals surface area (Å²) >= 11 is 0. The van der Waals surface area contributed by atoms with Crippen molar-refractivity contribution >= 4 is 11.4 Å². The van der Waals surface area contributed by atoms with E-state index in [0.29, 0.717) is 48.7 Å². The molecule has 1 atom stereocenters. The lowest BCUT2D eigenvalue weighted by Crippen LogP contribution is -2.49. The summed E-state index contributed by atoms with van der Waals surface area (Å²) in [6.07, 6.45) is 1.17. The summed E-state index contributed by atoms with van der Waals surface area (Å²) in [7, 11) is 0. The number of hydrogen-bond donors (Lipinski definition) is 1. The van der Waals surface area contributed by atoms with Crippen LogP contribution in [0.3, 0.4) is 0 Å². The number of hydrogen-bond acceptors (Lipinski definition) is 8. The Balaban J connectivity index is 1.09. The molecule has 0 aliphatic carbocycles. The molecule has 1 N–H and O–H groups in total. The number of benzene rings is 3. The van der Waals surface area contributed by atoms with Gasteiger partial charge in [0, 0.05) is 49.1 Å². The van der Waals surface area contributed by atoms with E-state index in [9.17, 15) is 13.9 Å². The molecule has 0 unspecified atom stereocenters. The SMILES string of the molecule is N#Cc1ccc(N2CCN(c3ccc(-c4ccc(C(F)(F)[C@]5(O)Cn6nnnc6-c6cc(F)ccc65)nc4)cc3F)CC2)c(F)c1. The first-order chi connectivity index (χ1) is 22.1. The van der Waals surface area contributed by atoms with E-state index in [1.807, 2.05) is 15.9 Å². The highest BCUT2D eigenvalue weighted by Crippen LogP contribution is 2.50. The van der Waals surface area contributed by atoms with Gasteiger partial charge < -0.3 is 14.9 Å². The van der Waals surface area contributed by atoms with Gasteiger partial charge in [0.1, 0.15) is 23.1 Å². The number of fused-ring (bicyclic) bond motifs is 3. The number of piperazine rings is 1. The summed E-state index contributed by atoms with van der Waals surface area (Å²) < 4.78 is 77.0. The van der Waals surface area contributed by atoms with Gasteiger partial charge in [-0.25, -0.2) is 17.9 Å². The number of rotatable bonds is 5. The van der Waals surface area contributed by atoms with Gasteiger partial charge in [-0.1, -0.05) is 18.2 Å². The minimum absolute atomic E-state index is 0.0471. The predicted molar refractivity (Wildman–Crippen MR) is 156 cm³/mol. The van der Waals surface area contributed by atoms with Crippen molar-refractivity contribution in [2.24, 2.45) is 0 Å². The van der Waals surface area contributed by atoms with Crippen LogP contribution >= 0.6 is 0 Å². The molecule has 4 heterocycles. The molecule has 1 saturated heterocycles. The second-order valence-corrected chi connectivity index (χ2v) is 11.1. The molecule has 1 fully saturated rings. The number of alkyl halides is 2. The summed E-state index contributed by atoms with van der Waals surface area (Å²) in [5, 5.41) is 31.3. The molecular formula is C32H23F5N8O. The van der Waals surface area contributed by atoms with Crippen LogP contribution in [0.1, 0.15) is 16.8 Å². The maximum atomic E-state index is 16.1. The lowest BCUT2D eigenvalue weighted by Gasteiger charge is -2.39. The highest BCUT2D eigenvalue weighted by Gasteiger charge is 2.59. The fraction of sp³-hybridized carbons (Fsp3) is 0.219. The zero-order chi connectivity index (χ0) is 32.2. The average Bonchev–Trinajstić information content (AvgIpc) is 3.53. The van der Waals surface area contributed by atoms with E-state index in [-0.39, 0.29) is 22.5 Å². The number of pyridine rings is 1. The number of nitriles is 1. The number of tetrazole rings is 1. The van der Waals surface area contributed by atoms with Crippen LogP contribution in [0.2, 0.25) is 0 Å². The Bertz CT molecular complexity index is 2000. The molecule has 7 rings (SSSR count). The van der Waals surface area contributed by atoms with Crippen molar-refractivity contribution in [3.05, 3.63) is 107 Å². The molecule has 0 bridgehead atoms. The van der Waals surface area contributed by atoms with E-state index >= 15 is 13.2 Å². The second-order valence-electron chi connectivity index (χ2n) is 11.1. The smallest absolute Gasteiger partial charge is 0.323 e. The summed E-state index contributed by atoms with van der Waals surface area (Å²) in [6, 6.07) is 16.2. The fourth-order valence-electron chi connectivity index (χ4n) is 6.06. The van der Waals surface area contributed by atoms with Crippen LogP contribution in [0.15, 0.2) is 72.9 Å². The van der Waals surface area contributed by atoms with Gasteiger partial charge in [0.2, 0.25) is 0 Å². The largest absolute Gasteiger partial charge is 0.377 e. The molecule has 2 aliphatic rings. The zero-order valence-electron chi connectivity index (χ0n) is 23.9. The van der Waals surface area contributed by atoms with Gasteiger partial charge >= 0.3 is 5.92 Å². The van der Waals surface area contributed by atoms with Crippen LogP contribution in [0.5, 0.6) is 0 Å². The number of halogens is 5. The van der Waals surface area contributed by atoms with Crippen LogP contribution in [0.25, 0.3) is 22.5 Å². The Morgan fingerprint density at radius 2 is 1.50 bits per heavy atom. The van der Waals surface area contributed by atoms with Crippen LogP contribution < -0.4 is 9.80 Å². The van der Waals surface area contributed by atoms with Gasteiger partial charge in [-0.3, -0.25) is 4.98 Å². The van der Waals surface area contributed by atoms with Gasteiger partial charge in [0.15, 0.2) is 11.4 Å². The predicted octanol–water partition coefficient (Wildman–Crippen LogP) is 5.01. The molecule has 2 aromatic heterocycles. The second kappa shape index (κ2) is 10.9. The first-order valence-electron chi connectivity index (χ1n) is 14.2. The summed E-state index contributed by atoms with van der Waals surface area (Å²) in [6.45, 7) is 1.01. The fourth-order valence-corrected chi connectivity index (χ4v) is 6.06. The van der Waals surface area contributed by atoms with Crippen molar-refractivity contribution in [2.45, 2.75) is 18.1 Å². The Labute approximate surface area is 258 Å². The molecule has 14 heteroatoms. The number of anilines is 2. The van der Waals surface area contributed by atoms with E-state index < -0.39 is 41.2 Å². The average molecular weight is 631 g/mol. The third-order valence-electron chi connectivity index (χ3n) is 8.50. The Kier molecular flexibility index (Phi) is 6.93. The van der Waals surface area contributed by atoms with Crippen LogP contribution in [-0.2, 0) is 18.1 Å². The van der Waals surface area contributed by atoms with Crippen molar-refractivity contribution in [1.29, 1.82) is 5.26 Å². The van der Waals surface area contributed by atoms with Gasteiger partial charge in [0.25, 0.3) is 0 Å². The highest BCUT2D eigenvalue weighted by molar-refractivity contribution is 5.67. The topological polar surface area (TPSA) is 107 Å². The van der Waals surface area contributed by atoms with Crippen LogP contribution in [0.4, 0.5) is 33.3 Å². The Hall–Kier alpha value is -5.42. The van der Waals surface area contributed by atoms with E-state index in [4.69, 9.17) is 5.26 Å². The van der Waals surface area contributed by atoms with Crippen LogP contribution in [0, 0.1) is 28.8 Å². The van der Waals surface area contributed by atoms with E-state index in [1.165, 1.54) is 24.4 Å². The standard InChI is InChI=1S/C32H23F5N8O/c33-22-4-5-24-23(15-22)30-40-41-42-45(30)18-31(24,46)32(36,37)29-8-3-21(17-39-29)20-2-7-28(26(35)14-20)44-11-9-43(10-12-44)27-6-1-19(16-38)13-25(27)34/h1-8,13-15,17,46H,9-12,18H2/t31-/m0/s1. The molecule has 232 valence electrons. The third kappa shape index (κ3) is 4.71. The molecule has 0 radical (unpaired) electrons. The van der Waals surface area contributed by atoms with E-state index in [1.54, 1.807) is 24.3 Å². The highest BCUT2D eigenvalue weighted by atomic mass is 19.3. The quantitative estimate of drug-likeness (QED) is 0.270. The molecule has 5 aromatic rings. The van der Waals surface area contributed by atoms with Crippen molar-refractivity contribution in [3.63, 3.8) is 0 Å². The summed E-state index contributed by atoms with van der Waals surface area (Å²) in [5.74, 6) is -5.63. The first kappa shape index (κ1) is 29.3. The summed E-state index contributed by atoms with van der Waals surface area (Å²) in [5.41, 5.74) is -2.18. The molecule has 0 saturated carbocycles. The van der Waals surface area contributed by atoms with Crippen molar-refractivity contribution in [2.75, 3.05) is 36.0 Å². The Morgan fingerprint density at radius 1 is 0.826 bits per heavy atom. The van der Waals surface area contributed by atoms with Crippen molar-refractivity contribution in [3.8, 4) is 28.6 Å². The number of nitrogens with zero attached hydrogens (tertiary/aromatic N) is 8. The van der Waals surface area contributed by atoms with E-state index in [2.05, 4.69) is 20.5 Å². The lowest BCUT2D eigenvalue weighted by atomic mass is 9.80. The molecule has 0 spiro atoms. The lowest BCUT2D eigenvalue weighted by molar-refractivity contribution is -0.207. The van der Waals surface area contributed by atoms with Crippen molar-refractivity contribution < 1.29 is 27.1 Å². The van der Waals surface area contributed by atoms with E-state index in [0.717, 1.165) is 28.9 Å². The molecule has 2 aliphatic heterocycles.